The van der Waals surface area contributed by atoms with Crippen molar-refractivity contribution in [3.63, 3.8) is 0 Å². The first-order chi connectivity index (χ1) is 5.83. The van der Waals surface area contributed by atoms with Gasteiger partial charge in [-0.05, 0) is 40.0 Å². The molecule has 0 radical (unpaired) electrons. The van der Waals surface area contributed by atoms with Crippen LogP contribution in [0.15, 0.2) is 28.9 Å². The van der Waals surface area contributed by atoms with Crippen molar-refractivity contribution in [3.8, 4) is 0 Å². The van der Waals surface area contributed by atoms with Gasteiger partial charge in [-0.1, -0.05) is 13.0 Å². The molecular formula is C10H10BrN. The molecule has 1 aromatic heterocycles. The van der Waals surface area contributed by atoms with Crippen molar-refractivity contribution in [1.82, 2.24) is 4.98 Å². The van der Waals surface area contributed by atoms with Gasteiger partial charge >= 0.3 is 0 Å². The van der Waals surface area contributed by atoms with Gasteiger partial charge in [-0.3, -0.25) is 0 Å². The molecule has 2 heteroatoms. The molecule has 1 nitrogen and oxygen atoms in total. The number of nitrogens with one attached hydrogen (secondary N) is 1. The lowest BCUT2D eigenvalue weighted by molar-refractivity contribution is 1.13. The highest BCUT2D eigenvalue weighted by atomic mass is 79.9. The lowest BCUT2D eigenvalue weighted by Gasteiger charge is -2.01. The normalized spacial score (nSPS) is 10.8. The monoisotopic (exact) mass is 223 g/mol. The number of hydrogen-bond acceptors (Lipinski definition) is 0. The second kappa shape index (κ2) is 2.94. The van der Waals surface area contributed by atoms with E-state index in [2.05, 4.69) is 46.0 Å². The summed E-state index contributed by atoms with van der Waals surface area (Å²) in [6.45, 7) is 2.17. The summed E-state index contributed by atoms with van der Waals surface area (Å²) in [5, 5.41) is 1.27. The summed E-state index contributed by atoms with van der Waals surface area (Å²) >= 11 is 3.60. The van der Waals surface area contributed by atoms with Crippen molar-refractivity contribution < 1.29 is 0 Å². The van der Waals surface area contributed by atoms with Crippen LogP contribution in [0.25, 0.3) is 10.9 Å². The lowest BCUT2D eigenvalue weighted by Crippen LogP contribution is -1.82. The van der Waals surface area contributed by atoms with Gasteiger partial charge in [0.15, 0.2) is 0 Å². The zero-order valence-electron chi connectivity index (χ0n) is 6.89. The van der Waals surface area contributed by atoms with Crippen molar-refractivity contribution in [2.75, 3.05) is 0 Å². The first kappa shape index (κ1) is 7.87. The van der Waals surface area contributed by atoms with Crippen LogP contribution in [0, 0.1) is 0 Å². The van der Waals surface area contributed by atoms with Crippen LogP contribution in [0.2, 0.25) is 0 Å². The molecule has 1 aromatic carbocycles. The summed E-state index contributed by atoms with van der Waals surface area (Å²) in [7, 11) is 0. The number of aryl methyl sites for hydroxylation is 1. The summed E-state index contributed by atoms with van der Waals surface area (Å²) in [4.78, 5) is 3.18. The number of fused-ring (bicyclic) bond motifs is 1. The van der Waals surface area contributed by atoms with E-state index in [1.807, 2.05) is 6.20 Å². The zero-order chi connectivity index (χ0) is 8.55. The van der Waals surface area contributed by atoms with E-state index in [9.17, 15) is 0 Å². The third-order valence-electron chi connectivity index (χ3n) is 2.13. The maximum absolute atomic E-state index is 3.60. The Morgan fingerprint density at radius 1 is 1.33 bits per heavy atom. The number of aromatic nitrogens is 1. The van der Waals surface area contributed by atoms with Crippen molar-refractivity contribution >= 4 is 26.8 Å². The number of aromatic amines is 1. The number of H-pyrrole nitrogens is 1. The third-order valence-corrected chi connectivity index (χ3v) is 3.07. The Kier molecular flexibility index (Phi) is 1.93. The van der Waals surface area contributed by atoms with Gasteiger partial charge in [-0.25, -0.2) is 0 Å². The summed E-state index contributed by atoms with van der Waals surface area (Å²) in [6.07, 6.45) is 3.04. The fraction of sp³-hybridized carbons (Fsp3) is 0.200. The molecule has 1 heterocycles. The van der Waals surface area contributed by atoms with Crippen LogP contribution in [0.5, 0.6) is 0 Å². The number of halogens is 1. The van der Waals surface area contributed by atoms with E-state index >= 15 is 0 Å². The Hall–Kier alpha value is -0.760. The van der Waals surface area contributed by atoms with E-state index in [0.29, 0.717) is 0 Å². The van der Waals surface area contributed by atoms with Crippen molar-refractivity contribution in [2.24, 2.45) is 0 Å². The Labute approximate surface area is 79.9 Å². The standard InChI is InChI=1S/C10H10BrN/c1-2-7-3-4-9-8(10(7)11)5-6-12-9/h3-6,12H,2H2,1H3. The highest BCUT2D eigenvalue weighted by molar-refractivity contribution is 9.10. The lowest BCUT2D eigenvalue weighted by atomic mass is 10.1. The number of hydrogen-bond donors (Lipinski definition) is 1. The van der Waals surface area contributed by atoms with Gasteiger partial charge in [-0.15, -0.1) is 0 Å². The van der Waals surface area contributed by atoms with E-state index in [1.54, 1.807) is 0 Å². The van der Waals surface area contributed by atoms with E-state index in [1.165, 1.54) is 20.9 Å². The first-order valence-corrected chi connectivity index (χ1v) is 4.86. The Bertz CT molecular complexity index is 403. The predicted octanol–water partition coefficient (Wildman–Crippen LogP) is 3.49. The van der Waals surface area contributed by atoms with Crippen LogP contribution < -0.4 is 0 Å². The molecule has 0 atom stereocenters. The van der Waals surface area contributed by atoms with Crippen LogP contribution in [0.1, 0.15) is 12.5 Å². The van der Waals surface area contributed by atoms with Gasteiger partial charge in [0.2, 0.25) is 0 Å². The average Bonchev–Trinajstić information content (AvgIpc) is 2.53. The van der Waals surface area contributed by atoms with Gasteiger partial charge in [0.05, 0.1) is 0 Å². The van der Waals surface area contributed by atoms with Crippen molar-refractivity contribution in [3.05, 3.63) is 34.4 Å². The maximum atomic E-state index is 3.60. The van der Waals surface area contributed by atoms with Gasteiger partial charge in [0.25, 0.3) is 0 Å². The van der Waals surface area contributed by atoms with Crippen LogP contribution in [0.4, 0.5) is 0 Å². The molecule has 0 saturated heterocycles. The van der Waals surface area contributed by atoms with Gasteiger partial charge in [0.1, 0.15) is 0 Å². The van der Waals surface area contributed by atoms with Gasteiger partial charge in [-0.2, -0.15) is 0 Å². The van der Waals surface area contributed by atoms with E-state index in [0.717, 1.165) is 6.42 Å². The van der Waals surface area contributed by atoms with E-state index < -0.39 is 0 Å². The largest absolute Gasteiger partial charge is 0.361 e. The Morgan fingerprint density at radius 3 is 2.92 bits per heavy atom. The van der Waals surface area contributed by atoms with Crippen LogP contribution in [-0.4, -0.2) is 4.98 Å². The quantitative estimate of drug-likeness (QED) is 0.763. The maximum Gasteiger partial charge on any atom is 0.0465 e. The van der Waals surface area contributed by atoms with Crippen LogP contribution in [-0.2, 0) is 6.42 Å². The predicted molar refractivity (Wildman–Crippen MR) is 55.4 cm³/mol. The zero-order valence-corrected chi connectivity index (χ0v) is 8.48. The topological polar surface area (TPSA) is 15.8 Å². The molecular weight excluding hydrogens is 214 g/mol. The number of rotatable bonds is 1. The first-order valence-electron chi connectivity index (χ1n) is 4.07. The molecule has 0 unspecified atom stereocenters. The molecule has 0 fully saturated rings. The van der Waals surface area contributed by atoms with Crippen molar-refractivity contribution in [2.45, 2.75) is 13.3 Å². The van der Waals surface area contributed by atoms with Gasteiger partial charge in [0, 0.05) is 21.6 Å². The fourth-order valence-corrected chi connectivity index (χ4v) is 2.17. The molecule has 0 aliphatic carbocycles. The highest BCUT2D eigenvalue weighted by Crippen LogP contribution is 2.27. The minimum Gasteiger partial charge on any atom is -0.361 e. The minimum atomic E-state index is 1.07. The third kappa shape index (κ3) is 1.07. The second-order valence-corrected chi connectivity index (χ2v) is 3.62. The van der Waals surface area contributed by atoms with Gasteiger partial charge < -0.3 is 4.98 Å². The summed E-state index contributed by atoms with van der Waals surface area (Å²) in [5.41, 5.74) is 2.56. The molecule has 2 aromatic rings. The molecule has 1 N–H and O–H groups in total. The Balaban J connectivity index is 2.78. The Morgan fingerprint density at radius 2 is 2.17 bits per heavy atom. The summed E-state index contributed by atoms with van der Waals surface area (Å²) in [5.74, 6) is 0. The van der Waals surface area contributed by atoms with Crippen LogP contribution in [0.3, 0.4) is 0 Å². The smallest absolute Gasteiger partial charge is 0.0465 e. The van der Waals surface area contributed by atoms with Crippen molar-refractivity contribution in [1.29, 1.82) is 0 Å². The molecule has 0 amide bonds. The second-order valence-electron chi connectivity index (χ2n) is 2.83. The molecule has 0 aliphatic rings. The summed E-state index contributed by atoms with van der Waals surface area (Å²) < 4.78 is 1.23. The van der Waals surface area contributed by atoms with Crippen LogP contribution >= 0.6 is 15.9 Å². The fourth-order valence-electron chi connectivity index (χ4n) is 1.41. The molecule has 12 heavy (non-hydrogen) atoms. The molecule has 0 spiro atoms. The number of benzene rings is 1. The molecule has 2 rings (SSSR count). The molecule has 0 bridgehead atoms. The minimum absolute atomic E-state index is 1.07. The van der Waals surface area contributed by atoms with E-state index in [-0.39, 0.29) is 0 Å². The highest BCUT2D eigenvalue weighted by Gasteiger charge is 2.02. The molecule has 62 valence electrons. The molecule has 0 saturated carbocycles. The average molecular weight is 224 g/mol. The molecule has 0 aliphatic heterocycles. The van der Waals surface area contributed by atoms with E-state index in [4.69, 9.17) is 0 Å². The summed E-state index contributed by atoms with van der Waals surface area (Å²) in [6, 6.07) is 6.38. The SMILES string of the molecule is CCc1ccc2[nH]ccc2c1Br.